The van der Waals surface area contributed by atoms with Gasteiger partial charge >= 0.3 is 0 Å². The van der Waals surface area contributed by atoms with Gasteiger partial charge in [0, 0.05) is 31.9 Å². The van der Waals surface area contributed by atoms with E-state index in [0.717, 1.165) is 30.2 Å². The van der Waals surface area contributed by atoms with Gasteiger partial charge in [-0.1, -0.05) is 31.1 Å². The van der Waals surface area contributed by atoms with Crippen LogP contribution < -0.4 is 9.64 Å². The molecule has 1 saturated heterocycles. The first-order valence-corrected chi connectivity index (χ1v) is 9.93. The number of rotatable bonds is 4. The number of carbonyl (C=O) groups excluding carboxylic acids is 1. The fourth-order valence-electron chi connectivity index (χ4n) is 3.79. The first kappa shape index (κ1) is 19.2. The van der Waals surface area contributed by atoms with Crippen LogP contribution in [0.3, 0.4) is 0 Å². The molecule has 1 aliphatic heterocycles. The molecule has 4 rings (SSSR count). The second kappa shape index (κ2) is 7.73. The minimum absolute atomic E-state index is 0.00489. The molecule has 1 aromatic carbocycles. The number of methoxy groups -OCH3 is 1. The minimum Gasteiger partial charge on any atom is -0.495 e. The number of nitrogens with zero attached hydrogens (tertiary/aromatic N) is 4. The first-order valence-electron chi connectivity index (χ1n) is 9.93. The van der Waals surface area contributed by atoms with Gasteiger partial charge in [0.25, 0.3) is 11.6 Å². The number of ether oxygens (including phenoxy) is 1. The SMILES string of the molecule is COc1ccccc1N1CCN(C(=O)c2cc(C(C)C)nc3onc(C)c23)CC1. The van der Waals surface area contributed by atoms with Crippen LogP contribution in [0.25, 0.3) is 11.1 Å². The molecule has 1 aliphatic rings. The van der Waals surface area contributed by atoms with Crippen LogP contribution in [0.1, 0.15) is 41.5 Å². The van der Waals surface area contributed by atoms with E-state index in [-0.39, 0.29) is 11.8 Å². The van der Waals surface area contributed by atoms with Crippen molar-refractivity contribution in [3.8, 4) is 5.75 Å². The molecule has 1 amide bonds. The average Bonchev–Trinajstić information content (AvgIpc) is 3.13. The number of hydrogen-bond donors (Lipinski definition) is 0. The second-order valence-corrected chi connectivity index (χ2v) is 7.65. The van der Waals surface area contributed by atoms with Crippen LogP contribution in [-0.4, -0.2) is 54.2 Å². The summed E-state index contributed by atoms with van der Waals surface area (Å²) in [5.74, 6) is 1.05. The van der Waals surface area contributed by atoms with E-state index >= 15 is 0 Å². The van der Waals surface area contributed by atoms with Gasteiger partial charge < -0.3 is 19.1 Å². The predicted molar refractivity (Wildman–Crippen MR) is 112 cm³/mol. The maximum absolute atomic E-state index is 13.4. The standard InChI is InChI=1S/C22H26N4O3/c1-14(2)17-13-16(20-15(3)24-29-21(20)23-17)22(27)26-11-9-25(10-12-26)18-7-5-6-8-19(18)28-4/h5-8,13-14H,9-12H2,1-4H3. The molecule has 7 nitrogen and oxygen atoms in total. The summed E-state index contributed by atoms with van der Waals surface area (Å²) in [6.07, 6.45) is 0. The molecule has 0 bridgehead atoms. The number of piperazine rings is 1. The summed E-state index contributed by atoms with van der Waals surface area (Å²) >= 11 is 0. The average molecular weight is 394 g/mol. The van der Waals surface area contributed by atoms with Gasteiger partial charge in [-0.15, -0.1) is 0 Å². The molecule has 1 fully saturated rings. The van der Waals surface area contributed by atoms with Gasteiger partial charge in [-0.25, -0.2) is 4.98 Å². The van der Waals surface area contributed by atoms with Crippen molar-refractivity contribution in [3.05, 3.63) is 47.3 Å². The smallest absolute Gasteiger partial charge is 0.259 e. The monoisotopic (exact) mass is 394 g/mol. The van der Waals surface area contributed by atoms with E-state index < -0.39 is 0 Å². The zero-order valence-corrected chi connectivity index (χ0v) is 17.3. The molecule has 3 heterocycles. The Morgan fingerprint density at radius 2 is 1.90 bits per heavy atom. The highest BCUT2D eigenvalue weighted by molar-refractivity contribution is 6.06. The molecule has 0 spiro atoms. The van der Waals surface area contributed by atoms with Crippen LogP contribution in [0.4, 0.5) is 5.69 Å². The molecule has 152 valence electrons. The lowest BCUT2D eigenvalue weighted by Crippen LogP contribution is -2.49. The summed E-state index contributed by atoms with van der Waals surface area (Å²) in [6, 6.07) is 9.88. The van der Waals surface area contributed by atoms with Gasteiger partial charge in [0.15, 0.2) is 0 Å². The predicted octanol–water partition coefficient (Wildman–Crippen LogP) is 3.63. The molecule has 0 unspecified atom stereocenters. The van der Waals surface area contributed by atoms with Crippen LogP contribution in [0, 0.1) is 6.92 Å². The third-order valence-electron chi connectivity index (χ3n) is 5.45. The van der Waals surface area contributed by atoms with E-state index in [1.165, 1.54) is 0 Å². The Labute approximate surface area is 170 Å². The van der Waals surface area contributed by atoms with Gasteiger partial charge in [-0.05, 0) is 31.0 Å². The van der Waals surface area contributed by atoms with Crippen LogP contribution in [0.2, 0.25) is 0 Å². The summed E-state index contributed by atoms with van der Waals surface area (Å²) < 4.78 is 10.8. The maximum atomic E-state index is 13.4. The van der Waals surface area contributed by atoms with Crippen molar-refractivity contribution in [1.29, 1.82) is 0 Å². The van der Waals surface area contributed by atoms with E-state index in [9.17, 15) is 4.79 Å². The molecule has 0 radical (unpaired) electrons. The highest BCUT2D eigenvalue weighted by Crippen LogP contribution is 2.30. The summed E-state index contributed by atoms with van der Waals surface area (Å²) in [5, 5.41) is 4.74. The summed E-state index contributed by atoms with van der Waals surface area (Å²) in [4.78, 5) is 22.1. The van der Waals surface area contributed by atoms with Crippen molar-refractivity contribution >= 4 is 22.7 Å². The van der Waals surface area contributed by atoms with Crippen molar-refractivity contribution in [2.24, 2.45) is 0 Å². The lowest BCUT2D eigenvalue weighted by Gasteiger charge is -2.36. The Balaban J connectivity index is 1.58. The Morgan fingerprint density at radius 3 is 2.59 bits per heavy atom. The molecular weight excluding hydrogens is 368 g/mol. The Bertz CT molecular complexity index is 1040. The molecule has 29 heavy (non-hydrogen) atoms. The van der Waals surface area contributed by atoms with Crippen molar-refractivity contribution in [2.75, 3.05) is 38.2 Å². The van der Waals surface area contributed by atoms with E-state index in [0.29, 0.717) is 35.4 Å². The number of pyridine rings is 1. The molecule has 0 saturated carbocycles. The fraction of sp³-hybridized carbons (Fsp3) is 0.409. The Kier molecular flexibility index (Phi) is 5.13. The topological polar surface area (TPSA) is 71.7 Å². The molecule has 0 atom stereocenters. The quantitative estimate of drug-likeness (QED) is 0.673. The number of carbonyl (C=O) groups is 1. The van der Waals surface area contributed by atoms with Gasteiger partial charge in [0.05, 0.1) is 29.4 Å². The van der Waals surface area contributed by atoms with Crippen molar-refractivity contribution in [3.63, 3.8) is 0 Å². The van der Waals surface area contributed by atoms with E-state index in [4.69, 9.17) is 9.26 Å². The molecule has 0 N–H and O–H groups in total. The van der Waals surface area contributed by atoms with Gasteiger partial charge in [-0.3, -0.25) is 4.79 Å². The van der Waals surface area contributed by atoms with E-state index in [1.54, 1.807) is 7.11 Å². The van der Waals surface area contributed by atoms with Crippen LogP contribution in [-0.2, 0) is 0 Å². The van der Waals surface area contributed by atoms with E-state index in [2.05, 4.69) is 35.0 Å². The summed E-state index contributed by atoms with van der Waals surface area (Å²) in [6.45, 7) is 8.73. The number of fused-ring (bicyclic) bond motifs is 1. The zero-order chi connectivity index (χ0) is 20.5. The summed E-state index contributed by atoms with van der Waals surface area (Å²) in [5.41, 5.74) is 3.65. The third-order valence-corrected chi connectivity index (χ3v) is 5.45. The van der Waals surface area contributed by atoms with Crippen molar-refractivity contribution in [1.82, 2.24) is 15.0 Å². The van der Waals surface area contributed by atoms with Gasteiger partial charge in [0.1, 0.15) is 5.75 Å². The fourth-order valence-corrected chi connectivity index (χ4v) is 3.79. The second-order valence-electron chi connectivity index (χ2n) is 7.65. The number of amides is 1. The maximum Gasteiger partial charge on any atom is 0.259 e. The Hall–Kier alpha value is -3.09. The number of para-hydroxylation sites is 2. The largest absolute Gasteiger partial charge is 0.495 e. The lowest BCUT2D eigenvalue weighted by atomic mass is 10.0. The van der Waals surface area contributed by atoms with Crippen molar-refractivity contribution in [2.45, 2.75) is 26.7 Å². The zero-order valence-electron chi connectivity index (χ0n) is 17.3. The van der Waals surface area contributed by atoms with Crippen molar-refractivity contribution < 1.29 is 14.1 Å². The third kappa shape index (κ3) is 3.52. The van der Waals surface area contributed by atoms with E-state index in [1.807, 2.05) is 36.1 Å². The number of hydrogen-bond acceptors (Lipinski definition) is 6. The minimum atomic E-state index is 0.00489. The molecular formula is C22H26N4O3. The number of benzene rings is 1. The number of aromatic nitrogens is 2. The number of aryl methyl sites for hydroxylation is 1. The summed E-state index contributed by atoms with van der Waals surface area (Å²) in [7, 11) is 1.68. The highest BCUT2D eigenvalue weighted by Gasteiger charge is 2.27. The molecule has 3 aromatic rings. The normalized spacial score (nSPS) is 14.7. The lowest BCUT2D eigenvalue weighted by molar-refractivity contribution is 0.0748. The first-order chi connectivity index (χ1) is 14.0. The van der Waals surface area contributed by atoms with Crippen LogP contribution in [0.5, 0.6) is 5.75 Å². The molecule has 2 aromatic heterocycles. The number of anilines is 1. The van der Waals surface area contributed by atoms with Gasteiger partial charge in [0.2, 0.25) is 0 Å². The molecule has 0 aliphatic carbocycles. The Morgan fingerprint density at radius 1 is 1.17 bits per heavy atom. The highest BCUT2D eigenvalue weighted by atomic mass is 16.5. The van der Waals surface area contributed by atoms with Crippen LogP contribution >= 0.6 is 0 Å². The van der Waals surface area contributed by atoms with Gasteiger partial charge in [-0.2, -0.15) is 0 Å². The van der Waals surface area contributed by atoms with Crippen LogP contribution in [0.15, 0.2) is 34.9 Å². The molecule has 7 heteroatoms.